The highest BCUT2D eigenvalue weighted by Crippen LogP contribution is 2.38. The Morgan fingerprint density at radius 2 is 1.20 bits per heavy atom. The Hall–Kier alpha value is -1.81. The number of rotatable bonds is 39. The van der Waals surface area contributed by atoms with E-state index in [9.17, 15) is 24.2 Å². The quantitative estimate of drug-likeness (QED) is 0.0161. The number of hydrogen-bond donors (Lipinski definition) is 1. The fourth-order valence-corrected chi connectivity index (χ4v) is 6.54. The van der Waals surface area contributed by atoms with Crippen LogP contribution in [-0.2, 0) is 32.7 Å². The van der Waals surface area contributed by atoms with Gasteiger partial charge in [-0.2, -0.15) is 0 Å². The van der Waals surface area contributed by atoms with E-state index in [0.717, 1.165) is 57.8 Å². The van der Waals surface area contributed by atoms with Gasteiger partial charge in [0.25, 0.3) is 7.82 Å². The van der Waals surface area contributed by atoms with Crippen molar-refractivity contribution in [3.8, 4) is 0 Å². The molecule has 0 amide bonds. The SMILES string of the molecule is CC/C=C/CC(O)/C=C/C=C/CCCCCCCC(=O)O[C@H](COC(=O)CCCCCCCCCCCCCCCCC)COP(=O)([O-])OCC[N+](C)(C)C. The largest absolute Gasteiger partial charge is 0.756 e. The van der Waals surface area contributed by atoms with Crippen molar-refractivity contribution < 1.29 is 47.2 Å². The van der Waals surface area contributed by atoms with Gasteiger partial charge in [0.2, 0.25) is 0 Å². The minimum atomic E-state index is -4.64. The number of aliphatic hydroxyl groups is 1. The second-order valence-electron chi connectivity index (χ2n) is 15.9. The van der Waals surface area contributed by atoms with Gasteiger partial charge < -0.3 is 33.0 Å². The highest BCUT2D eigenvalue weighted by molar-refractivity contribution is 7.45. The molecule has 322 valence electrons. The molecule has 0 saturated heterocycles. The van der Waals surface area contributed by atoms with Crippen LogP contribution in [0.25, 0.3) is 0 Å². The second kappa shape index (κ2) is 36.5. The third kappa shape index (κ3) is 40.2. The first kappa shape index (κ1) is 53.2. The molecule has 0 saturated carbocycles. The minimum Gasteiger partial charge on any atom is -0.756 e. The van der Waals surface area contributed by atoms with Crippen LogP contribution in [0.15, 0.2) is 36.5 Å². The number of unbranched alkanes of at least 4 members (excludes halogenated alkanes) is 19. The molecular formula is C44H82NO9P. The van der Waals surface area contributed by atoms with Crippen LogP contribution < -0.4 is 4.89 Å². The molecule has 1 N–H and O–H groups in total. The highest BCUT2D eigenvalue weighted by atomic mass is 31.2. The van der Waals surface area contributed by atoms with Gasteiger partial charge in [0.15, 0.2) is 6.10 Å². The molecule has 55 heavy (non-hydrogen) atoms. The van der Waals surface area contributed by atoms with E-state index in [1.54, 1.807) is 6.08 Å². The fraction of sp³-hybridized carbons (Fsp3) is 0.818. The van der Waals surface area contributed by atoms with Crippen molar-refractivity contribution in [3.63, 3.8) is 0 Å². The molecule has 0 radical (unpaired) electrons. The Morgan fingerprint density at radius 3 is 1.75 bits per heavy atom. The van der Waals surface area contributed by atoms with E-state index in [-0.39, 0.29) is 26.1 Å². The van der Waals surface area contributed by atoms with Gasteiger partial charge in [-0.05, 0) is 38.5 Å². The smallest absolute Gasteiger partial charge is 0.306 e. The predicted molar refractivity (Wildman–Crippen MR) is 223 cm³/mol. The zero-order valence-corrected chi connectivity index (χ0v) is 36.6. The first-order chi connectivity index (χ1) is 26.4. The van der Waals surface area contributed by atoms with Gasteiger partial charge in [-0.25, -0.2) is 0 Å². The molecule has 0 aromatic rings. The van der Waals surface area contributed by atoms with Crippen molar-refractivity contribution in [1.82, 2.24) is 0 Å². The van der Waals surface area contributed by atoms with E-state index < -0.39 is 38.6 Å². The van der Waals surface area contributed by atoms with E-state index in [2.05, 4.69) is 19.9 Å². The Morgan fingerprint density at radius 1 is 0.673 bits per heavy atom. The van der Waals surface area contributed by atoms with E-state index in [4.69, 9.17) is 18.5 Å². The fourth-order valence-electron chi connectivity index (χ4n) is 5.81. The van der Waals surface area contributed by atoms with Crippen LogP contribution in [0.2, 0.25) is 0 Å². The topological polar surface area (TPSA) is 131 Å². The Balaban J connectivity index is 4.42. The molecule has 0 aromatic carbocycles. The number of aliphatic hydroxyl groups excluding tert-OH is 1. The molecule has 0 fully saturated rings. The molecule has 0 bridgehead atoms. The average molecular weight is 800 g/mol. The maximum absolute atomic E-state index is 12.7. The third-order valence-electron chi connectivity index (χ3n) is 9.25. The summed E-state index contributed by atoms with van der Waals surface area (Å²) in [6, 6.07) is 0. The molecule has 2 unspecified atom stereocenters. The summed E-state index contributed by atoms with van der Waals surface area (Å²) in [4.78, 5) is 37.5. The molecule has 0 aliphatic rings. The number of esters is 2. The number of phosphoric acid groups is 1. The van der Waals surface area contributed by atoms with Crippen LogP contribution in [0, 0.1) is 0 Å². The maximum atomic E-state index is 12.7. The van der Waals surface area contributed by atoms with Crippen LogP contribution in [0.1, 0.15) is 174 Å². The van der Waals surface area contributed by atoms with Crippen molar-refractivity contribution in [2.75, 3.05) is 47.5 Å². The number of quaternary nitrogens is 1. The summed E-state index contributed by atoms with van der Waals surface area (Å²) < 4.78 is 33.8. The standard InChI is InChI=1S/C44H82NO9P/c1-6-8-10-11-12-13-14-15-16-17-18-21-24-27-31-35-43(47)51-39-42(40-53-55(49,50)52-38-37-45(3,4)5)54-44(48)36-32-28-25-22-19-20-23-26-30-34-41(46)33-29-9-7-2/h9,23,26,29-30,34,41-42,46H,6-8,10-22,24-25,27-28,31-33,35-40H2,1-5H3/b26-23+,29-9+,34-30+/t41?,42-/m1/s1. The van der Waals surface area contributed by atoms with Crippen molar-refractivity contribution >= 4 is 19.8 Å². The number of carbonyl (C=O) groups is 2. The highest BCUT2D eigenvalue weighted by Gasteiger charge is 2.21. The Labute approximate surface area is 336 Å². The normalized spacial score (nSPS) is 14.5. The van der Waals surface area contributed by atoms with Gasteiger partial charge in [-0.1, -0.05) is 159 Å². The van der Waals surface area contributed by atoms with Crippen LogP contribution in [-0.4, -0.2) is 81.2 Å². The zero-order chi connectivity index (χ0) is 40.9. The molecule has 0 aliphatic carbocycles. The van der Waals surface area contributed by atoms with Gasteiger partial charge in [-0.3, -0.25) is 14.2 Å². The summed E-state index contributed by atoms with van der Waals surface area (Å²) in [6.07, 6.45) is 36.4. The molecule has 11 heteroatoms. The molecule has 3 atom stereocenters. The van der Waals surface area contributed by atoms with E-state index in [1.807, 2.05) is 45.4 Å². The lowest BCUT2D eigenvalue weighted by molar-refractivity contribution is -0.870. The molecule has 0 spiro atoms. The number of hydrogen-bond acceptors (Lipinski definition) is 9. The molecule has 0 aromatic heterocycles. The summed E-state index contributed by atoms with van der Waals surface area (Å²) >= 11 is 0. The molecule has 0 rings (SSSR count). The van der Waals surface area contributed by atoms with Crippen molar-refractivity contribution in [1.29, 1.82) is 0 Å². The molecule has 10 nitrogen and oxygen atoms in total. The maximum Gasteiger partial charge on any atom is 0.306 e. The first-order valence-electron chi connectivity index (χ1n) is 21.8. The summed E-state index contributed by atoms with van der Waals surface area (Å²) in [7, 11) is 1.12. The van der Waals surface area contributed by atoms with Crippen LogP contribution >= 0.6 is 7.82 Å². The monoisotopic (exact) mass is 800 g/mol. The number of phosphoric ester groups is 1. The lowest BCUT2D eigenvalue weighted by Gasteiger charge is -2.28. The zero-order valence-electron chi connectivity index (χ0n) is 35.7. The lowest BCUT2D eigenvalue weighted by atomic mass is 10.0. The van der Waals surface area contributed by atoms with Crippen molar-refractivity contribution in [2.24, 2.45) is 0 Å². The van der Waals surface area contributed by atoms with Gasteiger partial charge in [0.05, 0.1) is 33.9 Å². The number of allylic oxidation sites excluding steroid dienone is 4. The van der Waals surface area contributed by atoms with Gasteiger partial charge >= 0.3 is 11.9 Å². The van der Waals surface area contributed by atoms with Crippen LogP contribution in [0.5, 0.6) is 0 Å². The first-order valence-corrected chi connectivity index (χ1v) is 23.3. The minimum absolute atomic E-state index is 0.0440. The average Bonchev–Trinajstić information content (AvgIpc) is 3.12. The summed E-state index contributed by atoms with van der Waals surface area (Å²) in [5, 5.41) is 9.88. The van der Waals surface area contributed by atoms with Gasteiger partial charge in [-0.15, -0.1) is 0 Å². The number of carbonyl (C=O) groups excluding carboxylic acids is 2. The predicted octanol–water partition coefficient (Wildman–Crippen LogP) is 10.5. The van der Waals surface area contributed by atoms with E-state index in [0.29, 0.717) is 23.9 Å². The summed E-state index contributed by atoms with van der Waals surface area (Å²) in [5.41, 5.74) is 0. The Bertz CT molecular complexity index is 1060. The lowest BCUT2D eigenvalue weighted by Crippen LogP contribution is -2.37. The molecule has 0 heterocycles. The Kier molecular flexibility index (Phi) is 35.3. The summed E-state index contributed by atoms with van der Waals surface area (Å²) in [5.74, 6) is -0.885. The number of likely N-dealkylation sites (N-methyl/N-ethyl adjacent to an activating group) is 1. The van der Waals surface area contributed by atoms with Gasteiger partial charge in [0.1, 0.15) is 19.8 Å². The van der Waals surface area contributed by atoms with E-state index in [1.165, 1.54) is 77.0 Å². The van der Waals surface area contributed by atoms with Crippen molar-refractivity contribution in [3.05, 3.63) is 36.5 Å². The van der Waals surface area contributed by atoms with Crippen LogP contribution in [0.4, 0.5) is 0 Å². The van der Waals surface area contributed by atoms with Crippen LogP contribution in [0.3, 0.4) is 0 Å². The van der Waals surface area contributed by atoms with Gasteiger partial charge in [0, 0.05) is 12.8 Å². The third-order valence-corrected chi connectivity index (χ3v) is 10.2. The molecular weight excluding hydrogens is 717 g/mol. The number of nitrogens with zero attached hydrogens (tertiary/aromatic N) is 1. The molecule has 0 aliphatic heterocycles. The van der Waals surface area contributed by atoms with E-state index >= 15 is 0 Å². The summed E-state index contributed by atoms with van der Waals surface area (Å²) in [6.45, 7) is 3.97. The van der Waals surface area contributed by atoms with Crippen molar-refractivity contribution in [2.45, 2.75) is 187 Å². The second-order valence-corrected chi connectivity index (χ2v) is 17.3. The number of ether oxygens (including phenoxy) is 2.